The van der Waals surface area contributed by atoms with Crippen molar-refractivity contribution in [1.82, 2.24) is 9.97 Å². The average Bonchev–Trinajstić information content (AvgIpc) is 2.89. The molecule has 3 aromatic rings. The molecule has 3 rings (SSSR count). The van der Waals surface area contributed by atoms with Crippen LogP contribution in [-0.4, -0.2) is 9.97 Å². The summed E-state index contributed by atoms with van der Waals surface area (Å²) in [5, 5.41) is 0. The molecule has 2 N–H and O–H groups in total. The van der Waals surface area contributed by atoms with Crippen LogP contribution in [0.25, 0.3) is 22.7 Å². The standard InChI is InChI=1S/C17H19N3O/c1-17(2,3)12-5-7-15-14(8-12)20-16(21-15)13-6-4-11(9-18)10-19-13/h4-8,10H,9,18H2,1-3H3. The van der Waals surface area contributed by atoms with E-state index < -0.39 is 0 Å². The van der Waals surface area contributed by atoms with Crippen LogP contribution < -0.4 is 5.73 Å². The number of nitrogens with two attached hydrogens (primary N) is 1. The quantitative estimate of drug-likeness (QED) is 0.778. The molecule has 0 atom stereocenters. The van der Waals surface area contributed by atoms with Crippen molar-refractivity contribution >= 4 is 11.1 Å². The van der Waals surface area contributed by atoms with Gasteiger partial charge in [-0.1, -0.05) is 32.9 Å². The van der Waals surface area contributed by atoms with Crippen molar-refractivity contribution in [2.45, 2.75) is 32.7 Å². The van der Waals surface area contributed by atoms with Gasteiger partial charge in [0, 0.05) is 12.7 Å². The van der Waals surface area contributed by atoms with E-state index in [0.717, 1.165) is 22.4 Å². The molecule has 0 unspecified atom stereocenters. The van der Waals surface area contributed by atoms with Crippen LogP contribution in [0.5, 0.6) is 0 Å². The van der Waals surface area contributed by atoms with Gasteiger partial charge >= 0.3 is 0 Å². The van der Waals surface area contributed by atoms with Crippen molar-refractivity contribution in [3.63, 3.8) is 0 Å². The van der Waals surface area contributed by atoms with Gasteiger partial charge in [0.05, 0.1) is 0 Å². The fourth-order valence-electron chi connectivity index (χ4n) is 2.18. The molecule has 1 aromatic carbocycles. The zero-order valence-electron chi connectivity index (χ0n) is 12.6. The van der Waals surface area contributed by atoms with Gasteiger partial charge in [-0.05, 0) is 34.7 Å². The molecule has 108 valence electrons. The van der Waals surface area contributed by atoms with Gasteiger partial charge in [0.15, 0.2) is 5.58 Å². The summed E-state index contributed by atoms with van der Waals surface area (Å²) >= 11 is 0. The molecular formula is C17H19N3O. The van der Waals surface area contributed by atoms with Crippen LogP contribution in [0.1, 0.15) is 31.9 Å². The molecule has 0 aliphatic heterocycles. The van der Waals surface area contributed by atoms with E-state index in [1.54, 1.807) is 6.20 Å². The minimum Gasteiger partial charge on any atom is -0.435 e. The highest BCUT2D eigenvalue weighted by Crippen LogP contribution is 2.28. The third kappa shape index (κ3) is 2.67. The van der Waals surface area contributed by atoms with Gasteiger partial charge in [-0.25, -0.2) is 4.98 Å². The predicted molar refractivity (Wildman–Crippen MR) is 83.8 cm³/mol. The van der Waals surface area contributed by atoms with Crippen LogP contribution in [-0.2, 0) is 12.0 Å². The normalized spacial score (nSPS) is 12.0. The lowest BCUT2D eigenvalue weighted by Gasteiger charge is -2.18. The number of fused-ring (bicyclic) bond motifs is 1. The lowest BCUT2D eigenvalue weighted by Crippen LogP contribution is -2.10. The van der Waals surface area contributed by atoms with E-state index in [0.29, 0.717) is 12.4 Å². The van der Waals surface area contributed by atoms with Crippen molar-refractivity contribution in [2.75, 3.05) is 0 Å². The zero-order valence-corrected chi connectivity index (χ0v) is 12.6. The number of pyridine rings is 1. The summed E-state index contributed by atoms with van der Waals surface area (Å²) in [5.41, 5.74) is 10.3. The first-order valence-corrected chi connectivity index (χ1v) is 7.04. The Bertz CT molecular complexity index is 767. The van der Waals surface area contributed by atoms with Gasteiger partial charge in [-0.15, -0.1) is 0 Å². The highest BCUT2D eigenvalue weighted by atomic mass is 16.3. The van der Waals surface area contributed by atoms with Crippen molar-refractivity contribution in [2.24, 2.45) is 5.73 Å². The van der Waals surface area contributed by atoms with Crippen molar-refractivity contribution in [1.29, 1.82) is 0 Å². The Morgan fingerprint density at radius 2 is 1.95 bits per heavy atom. The first-order valence-electron chi connectivity index (χ1n) is 7.04. The SMILES string of the molecule is CC(C)(C)c1ccc2oc(-c3ccc(CN)cn3)nc2c1. The Kier molecular flexibility index (Phi) is 3.26. The highest BCUT2D eigenvalue weighted by molar-refractivity contribution is 5.76. The van der Waals surface area contributed by atoms with Crippen molar-refractivity contribution in [3.8, 4) is 11.6 Å². The van der Waals surface area contributed by atoms with Crippen LogP contribution in [0.4, 0.5) is 0 Å². The van der Waals surface area contributed by atoms with Gasteiger partial charge in [0.1, 0.15) is 11.2 Å². The minimum absolute atomic E-state index is 0.0916. The molecule has 2 aromatic heterocycles. The number of rotatable bonds is 2. The van der Waals surface area contributed by atoms with E-state index in [-0.39, 0.29) is 5.41 Å². The Hall–Kier alpha value is -2.20. The minimum atomic E-state index is 0.0916. The molecule has 0 aliphatic rings. The van der Waals surface area contributed by atoms with Crippen molar-refractivity contribution < 1.29 is 4.42 Å². The maximum absolute atomic E-state index is 5.79. The molecule has 0 saturated carbocycles. The van der Waals surface area contributed by atoms with Crippen LogP contribution in [0.15, 0.2) is 40.9 Å². The van der Waals surface area contributed by atoms with Gasteiger partial charge in [-0.3, -0.25) is 4.98 Å². The lowest BCUT2D eigenvalue weighted by molar-refractivity contribution is 0.590. The predicted octanol–water partition coefficient (Wildman–Crippen LogP) is 3.65. The monoisotopic (exact) mass is 281 g/mol. The highest BCUT2D eigenvalue weighted by Gasteiger charge is 2.16. The summed E-state index contributed by atoms with van der Waals surface area (Å²) in [7, 11) is 0. The first-order chi connectivity index (χ1) is 9.97. The molecule has 4 heteroatoms. The summed E-state index contributed by atoms with van der Waals surface area (Å²) < 4.78 is 5.79. The van der Waals surface area contributed by atoms with E-state index >= 15 is 0 Å². The summed E-state index contributed by atoms with van der Waals surface area (Å²) in [6.45, 7) is 7.03. The van der Waals surface area contributed by atoms with Crippen LogP contribution >= 0.6 is 0 Å². The molecular weight excluding hydrogens is 262 g/mol. The van der Waals surface area contributed by atoms with Crippen molar-refractivity contribution in [3.05, 3.63) is 47.7 Å². The van der Waals surface area contributed by atoms with Gasteiger partial charge < -0.3 is 10.2 Å². The third-order valence-electron chi connectivity index (χ3n) is 3.53. The van der Waals surface area contributed by atoms with Gasteiger partial charge in [-0.2, -0.15) is 0 Å². The summed E-state index contributed by atoms with van der Waals surface area (Å²) in [6, 6.07) is 9.97. The smallest absolute Gasteiger partial charge is 0.246 e. The molecule has 4 nitrogen and oxygen atoms in total. The Morgan fingerprint density at radius 3 is 2.57 bits per heavy atom. The number of aromatic nitrogens is 2. The maximum atomic E-state index is 5.79. The fraction of sp³-hybridized carbons (Fsp3) is 0.294. The first kappa shape index (κ1) is 13.8. The molecule has 0 bridgehead atoms. The van der Waals surface area contributed by atoms with E-state index in [4.69, 9.17) is 10.2 Å². The number of hydrogen-bond donors (Lipinski definition) is 1. The van der Waals surface area contributed by atoms with E-state index in [9.17, 15) is 0 Å². The molecule has 0 aliphatic carbocycles. The molecule has 0 fully saturated rings. The van der Waals surface area contributed by atoms with E-state index in [2.05, 4.69) is 42.9 Å². The largest absolute Gasteiger partial charge is 0.435 e. The summed E-state index contributed by atoms with van der Waals surface area (Å²) in [5.74, 6) is 0.541. The van der Waals surface area contributed by atoms with Crippen LogP contribution in [0, 0.1) is 0 Å². The summed E-state index contributed by atoms with van der Waals surface area (Å²) in [6.07, 6.45) is 1.75. The molecule has 0 radical (unpaired) electrons. The molecule has 0 saturated heterocycles. The Balaban J connectivity index is 2.04. The second kappa shape index (κ2) is 4.97. The van der Waals surface area contributed by atoms with Crippen LogP contribution in [0.2, 0.25) is 0 Å². The van der Waals surface area contributed by atoms with Gasteiger partial charge in [0.25, 0.3) is 0 Å². The molecule has 21 heavy (non-hydrogen) atoms. The van der Waals surface area contributed by atoms with E-state index in [1.807, 2.05) is 18.2 Å². The fourth-order valence-corrected chi connectivity index (χ4v) is 2.18. The molecule has 2 heterocycles. The third-order valence-corrected chi connectivity index (χ3v) is 3.53. The zero-order chi connectivity index (χ0) is 15.0. The molecule has 0 spiro atoms. The molecule has 0 amide bonds. The van der Waals surface area contributed by atoms with Crippen LogP contribution in [0.3, 0.4) is 0 Å². The number of oxazole rings is 1. The topological polar surface area (TPSA) is 64.9 Å². The van der Waals surface area contributed by atoms with E-state index in [1.165, 1.54) is 5.56 Å². The Morgan fingerprint density at radius 1 is 1.14 bits per heavy atom. The number of hydrogen-bond acceptors (Lipinski definition) is 4. The second-order valence-electron chi connectivity index (χ2n) is 6.21. The average molecular weight is 281 g/mol. The summed E-state index contributed by atoms with van der Waals surface area (Å²) in [4.78, 5) is 8.90. The second-order valence-corrected chi connectivity index (χ2v) is 6.21. The maximum Gasteiger partial charge on any atom is 0.246 e. The number of nitrogens with zero attached hydrogens (tertiary/aromatic N) is 2. The lowest BCUT2D eigenvalue weighted by atomic mass is 9.87. The Labute approximate surface area is 124 Å². The number of benzene rings is 1. The van der Waals surface area contributed by atoms with Gasteiger partial charge in [0.2, 0.25) is 5.89 Å².